The van der Waals surface area contributed by atoms with Gasteiger partial charge in [0.15, 0.2) is 34.4 Å². The molecule has 6 aromatic rings. The topological polar surface area (TPSA) is 156 Å². The predicted octanol–water partition coefficient (Wildman–Crippen LogP) is 8.97. The number of hydrogen-bond acceptors (Lipinski definition) is 9. The van der Waals surface area contributed by atoms with Crippen LogP contribution in [0.3, 0.4) is 0 Å². The first-order valence-corrected chi connectivity index (χ1v) is 19.8. The summed E-state index contributed by atoms with van der Waals surface area (Å²) in [6.45, 7) is 7.47. The van der Waals surface area contributed by atoms with E-state index in [1.54, 1.807) is 13.8 Å². The molecule has 4 aliphatic rings. The lowest BCUT2D eigenvalue weighted by molar-refractivity contribution is -0.135. The molecule has 0 saturated carbocycles. The van der Waals surface area contributed by atoms with Gasteiger partial charge in [-0.25, -0.2) is 4.98 Å². The molecule has 0 aliphatic carbocycles. The summed E-state index contributed by atoms with van der Waals surface area (Å²) in [5.41, 5.74) is 5.47. The fourth-order valence-electron chi connectivity index (χ4n) is 8.83. The normalized spacial score (nSPS) is 22.1. The Bertz CT molecular complexity index is 2650. The SMILES string of the molecule is CC(C)[C@H](O)C(=O)C[C@H]1Cc2ccc3c(c2)C24c5cc(Br)cc(c5N[C@H]2O3)-c2cccc3[nH]c(Cl)c(c23)-c2oc(nc2Cl)-c2nc(oc24)[C@H](C(C)C)NC1=O. The smallest absolute Gasteiger partial charge is 0.250 e. The van der Waals surface area contributed by atoms with Gasteiger partial charge >= 0.3 is 0 Å². The molecule has 4 N–H and O–H groups in total. The van der Waals surface area contributed by atoms with Crippen LogP contribution in [0.4, 0.5) is 5.69 Å². The molecule has 5 atom stereocenters. The average molecular weight is 844 g/mol. The van der Waals surface area contributed by atoms with E-state index in [1.165, 1.54) is 0 Å². The predicted molar refractivity (Wildman–Crippen MR) is 210 cm³/mol. The van der Waals surface area contributed by atoms with Gasteiger partial charge in [-0.05, 0) is 53.6 Å². The number of hydrogen-bond donors (Lipinski definition) is 4. The molecule has 1 unspecified atom stereocenters. The van der Waals surface area contributed by atoms with Gasteiger partial charge in [-0.15, -0.1) is 0 Å². The van der Waals surface area contributed by atoms with E-state index in [9.17, 15) is 14.7 Å². The maximum Gasteiger partial charge on any atom is 0.250 e. The molecular formula is C41H34BrCl2N5O6. The van der Waals surface area contributed by atoms with E-state index in [0.29, 0.717) is 22.2 Å². The number of nitrogens with one attached hydrogen (secondary N) is 3. The number of halogens is 3. The molecule has 3 aromatic carbocycles. The van der Waals surface area contributed by atoms with Gasteiger partial charge in [0.25, 0.3) is 5.89 Å². The molecular weight excluding hydrogens is 809 g/mol. The van der Waals surface area contributed by atoms with Crippen LogP contribution in [0.1, 0.15) is 68.5 Å². The maximum atomic E-state index is 14.3. The van der Waals surface area contributed by atoms with Crippen LogP contribution in [0.25, 0.3) is 44.9 Å². The summed E-state index contributed by atoms with van der Waals surface area (Å²) in [4.78, 5) is 40.8. The number of benzene rings is 3. The van der Waals surface area contributed by atoms with Crippen molar-refractivity contribution in [1.82, 2.24) is 20.3 Å². The van der Waals surface area contributed by atoms with Gasteiger partial charge in [0.1, 0.15) is 28.5 Å². The van der Waals surface area contributed by atoms with E-state index in [0.717, 1.165) is 48.9 Å². The molecule has 10 rings (SSSR count). The maximum absolute atomic E-state index is 14.3. The van der Waals surface area contributed by atoms with Gasteiger partial charge in [0.05, 0.1) is 5.56 Å². The highest BCUT2D eigenvalue weighted by Gasteiger charge is 2.62. The lowest BCUT2D eigenvalue weighted by Gasteiger charge is -2.29. The van der Waals surface area contributed by atoms with Crippen molar-refractivity contribution in [2.24, 2.45) is 17.8 Å². The summed E-state index contributed by atoms with van der Waals surface area (Å²) < 4.78 is 21.3. The van der Waals surface area contributed by atoms with E-state index < -0.39 is 35.5 Å². The van der Waals surface area contributed by atoms with Crippen molar-refractivity contribution < 1.29 is 28.3 Å². The molecule has 280 valence electrons. The standard InChI is InChI=1S/C41H34BrCl2N5O6/c1-15(2)29-38-47-31-34(55-38)41-22-11-17(10-18(37(52)46-29)12-25(50)32(51)16(3)4)8-9-26(22)53-40(41)48-30-21(13-19(42)14-23(30)41)20-6-5-7-24-27(20)28(35(43)45-24)33-36(44)49-39(31)54-33/h5-9,11,13-16,18,29,32,40,45,48,51H,10,12H2,1-4H3,(H,46,52)/t18-,29+,32+,40+,41?/m1/s1. The molecule has 4 aliphatic heterocycles. The Labute approximate surface area is 333 Å². The number of Topliss-reactive ketones (excluding diaryl/α,β-unsaturated/α-hetero) is 1. The van der Waals surface area contributed by atoms with Crippen LogP contribution in [0.5, 0.6) is 5.75 Å². The molecule has 1 spiro atoms. The van der Waals surface area contributed by atoms with Crippen LogP contribution in [-0.2, 0) is 21.4 Å². The Morgan fingerprint density at radius 1 is 1.04 bits per heavy atom. The largest absolute Gasteiger partial charge is 0.469 e. The molecule has 1 amide bonds. The Hall–Kier alpha value is -4.62. The van der Waals surface area contributed by atoms with E-state index in [1.807, 2.05) is 50.2 Å². The molecule has 0 saturated heterocycles. The minimum Gasteiger partial charge on any atom is -0.469 e. The third kappa shape index (κ3) is 4.90. The first-order chi connectivity index (χ1) is 26.3. The lowest BCUT2D eigenvalue weighted by atomic mass is 9.72. The summed E-state index contributed by atoms with van der Waals surface area (Å²) in [6.07, 6.45) is -1.82. The van der Waals surface area contributed by atoms with Crippen molar-refractivity contribution in [3.63, 3.8) is 0 Å². The van der Waals surface area contributed by atoms with Crippen LogP contribution < -0.4 is 15.4 Å². The zero-order chi connectivity index (χ0) is 38.2. The summed E-state index contributed by atoms with van der Waals surface area (Å²) in [6, 6.07) is 15.2. The number of fused-ring (bicyclic) bond motifs is 7. The van der Waals surface area contributed by atoms with Crippen LogP contribution in [0, 0.1) is 17.8 Å². The van der Waals surface area contributed by atoms with Crippen LogP contribution in [0.2, 0.25) is 10.3 Å². The summed E-state index contributed by atoms with van der Waals surface area (Å²) in [5, 5.41) is 18.8. The molecule has 7 heterocycles. The fourth-order valence-corrected chi connectivity index (χ4v) is 9.78. The molecule has 0 fully saturated rings. The minimum absolute atomic E-state index is 0.0873. The van der Waals surface area contributed by atoms with Crippen LogP contribution in [-0.4, -0.2) is 44.1 Å². The first kappa shape index (κ1) is 34.8. The van der Waals surface area contributed by atoms with Crippen molar-refractivity contribution in [3.05, 3.63) is 91.7 Å². The van der Waals surface area contributed by atoms with Gasteiger partial charge in [-0.3, -0.25) is 9.59 Å². The van der Waals surface area contributed by atoms with Gasteiger partial charge in [0, 0.05) is 50.1 Å². The highest BCUT2D eigenvalue weighted by atomic mass is 79.9. The number of carbonyl (C=O) groups excluding carboxylic acids is 2. The number of amides is 1. The fraction of sp³-hybridized carbons (Fsp3) is 0.317. The number of nitrogens with zero attached hydrogens (tertiary/aromatic N) is 2. The number of aromatic amines is 1. The number of ketones is 1. The Kier molecular flexibility index (Phi) is 7.72. The second-order valence-electron chi connectivity index (χ2n) is 15.6. The third-order valence-electron chi connectivity index (χ3n) is 11.5. The van der Waals surface area contributed by atoms with Crippen LogP contribution in [0.15, 0.2) is 61.8 Å². The first-order valence-electron chi connectivity index (χ1n) is 18.3. The minimum atomic E-state index is -1.19. The number of carbonyl (C=O) groups is 2. The second-order valence-corrected chi connectivity index (χ2v) is 17.2. The van der Waals surface area contributed by atoms with Crippen molar-refractivity contribution in [1.29, 1.82) is 0 Å². The average Bonchev–Trinajstić information content (AvgIpc) is 3.94. The Morgan fingerprint density at radius 3 is 2.64 bits per heavy atom. The second kappa shape index (κ2) is 12.2. The summed E-state index contributed by atoms with van der Waals surface area (Å²) >= 11 is 17.8. The van der Waals surface area contributed by atoms with E-state index >= 15 is 0 Å². The lowest BCUT2D eigenvalue weighted by Crippen LogP contribution is -2.41. The molecule has 55 heavy (non-hydrogen) atoms. The number of aliphatic hydroxyl groups excluding tert-OH is 1. The zero-order valence-corrected chi connectivity index (χ0v) is 33.1. The highest BCUT2D eigenvalue weighted by molar-refractivity contribution is 9.10. The van der Waals surface area contributed by atoms with Gasteiger partial charge < -0.3 is 34.3 Å². The number of H-pyrrole nitrogens is 1. The monoisotopic (exact) mass is 841 g/mol. The quantitative estimate of drug-likeness (QED) is 0.133. The zero-order valence-electron chi connectivity index (χ0n) is 30.0. The van der Waals surface area contributed by atoms with Crippen molar-refractivity contribution >= 4 is 67.4 Å². The van der Waals surface area contributed by atoms with Gasteiger partial charge in [-0.2, -0.15) is 4.98 Å². The van der Waals surface area contributed by atoms with Crippen molar-refractivity contribution in [2.45, 2.75) is 64.3 Å². The van der Waals surface area contributed by atoms with Gasteiger partial charge in [0.2, 0.25) is 11.8 Å². The molecule has 11 nitrogen and oxygen atoms in total. The van der Waals surface area contributed by atoms with E-state index in [-0.39, 0.29) is 59.0 Å². The number of aliphatic hydroxyl groups is 1. The number of ether oxygens (including phenoxy) is 1. The Morgan fingerprint density at radius 2 is 1.85 bits per heavy atom. The molecule has 10 bridgehead atoms. The van der Waals surface area contributed by atoms with Gasteiger partial charge in [-0.1, -0.05) is 91.1 Å². The highest BCUT2D eigenvalue weighted by Crippen LogP contribution is 2.62. The summed E-state index contributed by atoms with van der Waals surface area (Å²) in [5.74, 6) is -0.439. The molecule has 0 radical (unpaired) electrons. The molecule has 3 aromatic heterocycles. The number of oxazole rings is 2. The summed E-state index contributed by atoms with van der Waals surface area (Å²) in [7, 11) is 0. The van der Waals surface area contributed by atoms with E-state index in [4.69, 9.17) is 46.7 Å². The number of rotatable bonds is 5. The third-order valence-corrected chi connectivity index (χ3v) is 12.5. The number of anilines is 1. The Balaban J connectivity index is 1.31. The van der Waals surface area contributed by atoms with E-state index in [2.05, 4.69) is 43.7 Å². The van der Waals surface area contributed by atoms with Crippen molar-refractivity contribution in [3.8, 4) is 39.8 Å². The number of aromatic nitrogens is 3. The van der Waals surface area contributed by atoms with Crippen LogP contribution >= 0.6 is 39.1 Å². The van der Waals surface area contributed by atoms with Crippen molar-refractivity contribution in [2.75, 3.05) is 5.32 Å². The molecule has 14 heteroatoms.